The number of rotatable bonds is 7. The molecule has 10 heteroatoms. The van der Waals surface area contributed by atoms with E-state index in [0.29, 0.717) is 6.61 Å². The van der Waals surface area contributed by atoms with E-state index in [0.717, 1.165) is 15.9 Å². The molecule has 0 spiro atoms. The lowest BCUT2D eigenvalue weighted by Crippen LogP contribution is -2.37. The zero-order valence-electron chi connectivity index (χ0n) is 15.9. The molecule has 0 fully saturated rings. The van der Waals surface area contributed by atoms with Crippen LogP contribution >= 0.6 is 0 Å². The smallest absolute Gasteiger partial charge is 0.332 e. The van der Waals surface area contributed by atoms with Gasteiger partial charge in [0.05, 0.1) is 19.4 Å². The zero-order valence-corrected chi connectivity index (χ0v) is 15.9. The summed E-state index contributed by atoms with van der Waals surface area (Å²) in [6.45, 7) is 2.44. The summed E-state index contributed by atoms with van der Waals surface area (Å²) in [5.41, 5.74) is 3.10. The highest BCUT2D eigenvalue weighted by Gasteiger charge is 2.18. The minimum absolute atomic E-state index is 0.130. The van der Waals surface area contributed by atoms with Crippen molar-refractivity contribution in [3.05, 3.63) is 50.7 Å². The predicted molar refractivity (Wildman–Crippen MR) is 106 cm³/mol. The van der Waals surface area contributed by atoms with Crippen LogP contribution in [-0.4, -0.2) is 43.2 Å². The van der Waals surface area contributed by atoms with Crippen molar-refractivity contribution in [1.29, 1.82) is 0 Å². The van der Waals surface area contributed by atoms with Gasteiger partial charge in [0.1, 0.15) is 5.75 Å². The van der Waals surface area contributed by atoms with Crippen LogP contribution in [0.4, 0.5) is 5.95 Å². The molecule has 0 saturated carbocycles. The third-order valence-electron chi connectivity index (χ3n) is 4.24. The number of hydrazone groups is 1. The average molecular weight is 386 g/mol. The summed E-state index contributed by atoms with van der Waals surface area (Å²) >= 11 is 0. The molecule has 3 rings (SSSR count). The van der Waals surface area contributed by atoms with E-state index in [-0.39, 0.29) is 30.3 Å². The number of hydrogen-bond donors (Lipinski definition) is 2. The molecule has 0 amide bonds. The van der Waals surface area contributed by atoms with Crippen molar-refractivity contribution < 1.29 is 9.84 Å². The summed E-state index contributed by atoms with van der Waals surface area (Å²) < 4.78 is 9.19. The Balaban J connectivity index is 1.95. The van der Waals surface area contributed by atoms with Gasteiger partial charge >= 0.3 is 5.69 Å². The van der Waals surface area contributed by atoms with Crippen molar-refractivity contribution in [1.82, 2.24) is 18.7 Å². The first-order valence-corrected chi connectivity index (χ1v) is 8.77. The molecule has 2 heterocycles. The molecule has 148 valence electrons. The number of ether oxygens (including phenoxy) is 1. The first-order chi connectivity index (χ1) is 13.5. The van der Waals surface area contributed by atoms with Gasteiger partial charge in [0.2, 0.25) is 5.95 Å². The Bertz CT molecular complexity index is 1120. The van der Waals surface area contributed by atoms with Crippen LogP contribution in [0.25, 0.3) is 11.2 Å². The second-order valence-corrected chi connectivity index (χ2v) is 6.06. The molecular formula is C18H22N6O4. The number of benzene rings is 1. The summed E-state index contributed by atoms with van der Waals surface area (Å²) in [5.74, 6) is 1.03. The molecule has 0 unspecified atom stereocenters. The van der Waals surface area contributed by atoms with Crippen LogP contribution in [0, 0.1) is 0 Å². The average Bonchev–Trinajstić information content (AvgIpc) is 3.05. The molecule has 1 aromatic carbocycles. The molecule has 0 saturated heterocycles. The van der Waals surface area contributed by atoms with Gasteiger partial charge in [0.25, 0.3) is 5.56 Å². The molecule has 3 aromatic rings. The van der Waals surface area contributed by atoms with E-state index in [9.17, 15) is 14.7 Å². The number of aryl methyl sites for hydroxylation is 1. The van der Waals surface area contributed by atoms with E-state index in [2.05, 4.69) is 15.5 Å². The standard InChI is InChI=1S/C18H22N6O4/c1-4-28-13-7-5-12(6-8-13)11-19-21-17-20-15-14(24(17)9-10-25)16(26)23(3)18(27)22(15)2/h5-8,11,25H,4,9-10H2,1-3H3,(H,20,21). The Labute approximate surface area is 160 Å². The molecular weight excluding hydrogens is 364 g/mol. The lowest BCUT2D eigenvalue weighted by atomic mass is 10.2. The number of nitrogens with one attached hydrogen (secondary N) is 1. The molecule has 0 aliphatic heterocycles. The minimum Gasteiger partial charge on any atom is -0.494 e. The van der Waals surface area contributed by atoms with Crippen LogP contribution < -0.4 is 21.4 Å². The summed E-state index contributed by atoms with van der Waals surface area (Å²) in [4.78, 5) is 29.0. The van der Waals surface area contributed by atoms with E-state index in [1.54, 1.807) is 6.21 Å². The van der Waals surface area contributed by atoms with Crippen LogP contribution in [0.2, 0.25) is 0 Å². The third kappa shape index (κ3) is 3.54. The van der Waals surface area contributed by atoms with Crippen LogP contribution in [0.1, 0.15) is 12.5 Å². The van der Waals surface area contributed by atoms with E-state index < -0.39 is 11.2 Å². The van der Waals surface area contributed by atoms with Crippen LogP contribution in [0.3, 0.4) is 0 Å². The molecule has 10 nitrogen and oxygen atoms in total. The predicted octanol–water partition coefficient (Wildman–Crippen LogP) is 0.271. The number of hydrogen-bond acceptors (Lipinski definition) is 7. The topological polar surface area (TPSA) is 116 Å². The van der Waals surface area contributed by atoms with Crippen LogP contribution in [0.15, 0.2) is 39.0 Å². The van der Waals surface area contributed by atoms with Crippen molar-refractivity contribution in [3.8, 4) is 5.75 Å². The Morgan fingerprint density at radius 3 is 2.57 bits per heavy atom. The van der Waals surface area contributed by atoms with Gasteiger partial charge in [-0.15, -0.1) is 0 Å². The molecule has 0 bridgehead atoms. The largest absolute Gasteiger partial charge is 0.494 e. The second kappa shape index (κ2) is 8.09. The highest BCUT2D eigenvalue weighted by atomic mass is 16.5. The molecule has 28 heavy (non-hydrogen) atoms. The monoisotopic (exact) mass is 386 g/mol. The van der Waals surface area contributed by atoms with Crippen molar-refractivity contribution in [2.45, 2.75) is 13.5 Å². The van der Waals surface area contributed by atoms with E-state index >= 15 is 0 Å². The van der Waals surface area contributed by atoms with E-state index in [1.165, 1.54) is 23.2 Å². The van der Waals surface area contributed by atoms with Gasteiger partial charge in [-0.05, 0) is 36.8 Å². The fourth-order valence-corrected chi connectivity index (χ4v) is 2.83. The number of aliphatic hydroxyl groups excluding tert-OH is 1. The third-order valence-corrected chi connectivity index (χ3v) is 4.24. The van der Waals surface area contributed by atoms with E-state index in [4.69, 9.17) is 4.74 Å². The number of anilines is 1. The number of nitrogens with zero attached hydrogens (tertiary/aromatic N) is 5. The van der Waals surface area contributed by atoms with Crippen LogP contribution in [-0.2, 0) is 20.6 Å². The minimum atomic E-state index is -0.484. The molecule has 0 radical (unpaired) electrons. The van der Waals surface area contributed by atoms with Gasteiger partial charge in [0.15, 0.2) is 11.2 Å². The first-order valence-electron chi connectivity index (χ1n) is 8.77. The summed E-state index contributed by atoms with van der Waals surface area (Å²) in [6, 6.07) is 7.38. The lowest BCUT2D eigenvalue weighted by molar-refractivity contribution is 0.278. The molecule has 2 aromatic heterocycles. The van der Waals surface area contributed by atoms with Gasteiger partial charge in [-0.3, -0.25) is 13.9 Å². The van der Waals surface area contributed by atoms with E-state index in [1.807, 2.05) is 31.2 Å². The van der Waals surface area contributed by atoms with Crippen molar-refractivity contribution >= 4 is 23.3 Å². The van der Waals surface area contributed by atoms with Crippen molar-refractivity contribution in [2.75, 3.05) is 18.6 Å². The first kappa shape index (κ1) is 19.4. The quantitative estimate of drug-likeness (QED) is 0.445. The Morgan fingerprint density at radius 2 is 1.93 bits per heavy atom. The summed E-state index contributed by atoms with van der Waals surface area (Å²) in [5, 5.41) is 13.5. The maximum atomic E-state index is 12.5. The highest BCUT2D eigenvalue weighted by molar-refractivity contribution is 5.80. The number of imidazole rings is 1. The Morgan fingerprint density at radius 1 is 1.21 bits per heavy atom. The SMILES string of the molecule is CCOc1ccc(C=NNc2nc3c(c(=O)n(C)c(=O)n3C)n2CCO)cc1. The molecule has 2 N–H and O–H groups in total. The van der Waals surface area contributed by atoms with Crippen molar-refractivity contribution in [3.63, 3.8) is 0 Å². The van der Waals surface area contributed by atoms with Gasteiger partial charge in [0, 0.05) is 20.6 Å². The Hall–Kier alpha value is -3.40. The fraction of sp³-hybridized carbons (Fsp3) is 0.333. The molecule has 0 aliphatic carbocycles. The van der Waals surface area contributed by atoms with Gasteiger partial charge in [-0.2, -0.15) is 10.1 Å². The van der Waals surface area contributed by atoms with Gasteiger partial charge in [-0.25, -0.2) is 10.2 Å². The zero-order chi connectivity index (χ0) is 20.3. The second-order valence-electron chi connectivity index (χ2n) is 6.06. The summed E-state index contributed by atoms with van der Waals surface area (Å²) in [7, 11) is 2.94. The maximum absolute atomic E-state index is 12.5. The number of fused-ring (bicyclic) bond motifs is 1. The number of aliphatic hydroxyl groups is 1. The fourth-order valence-electron chi connectivity index (χ4n) is 2.83. The van der Waals surface area contributed by atoms with Crippen molar-refractivity contribution in [2.24, 2.45) is 19.2 Å². The summed E-state index contributed by atoms with van der Waals surface area (Å²) in [6.07, 6.45) is 1.59. The lowest BCUT2D eigenvalue weighted by Gasteiger charge is -2.07. The normalized spacial score (nSPS) is 11.4. The molecule has 0 aliphatic rings. The van der Waals surface area contributed by atoms with Crippen LogP contribution in [0.5, 0.6) is 5.75 Å². The highest BCUT2D eigenvalue weighted by Crippen LogP contribution is 2.15. The van der Waals surface area contributed by atoms with Gasteiger partial charge in [-0.1, -0.05) is 0 Å². The maximum Gasteiger partial charge on any atom is 0.332 e. The molecule has 0 atom stereocenters. The Kier molecular flexibility index (Phi) is 5.59. The number of aromatic nitrogens is 4. The van der Waals surface area contributed by atoms with Gasteiger partial charge < -0.3 is 14.4 Å².